The van der Waals surface area contributed by atoms with E-state index in [2.05, 4.69) is 28.2 Å². The molecule has 0 spiro atoms. The fourth-order valence-electron chi connectivity index (χ4n) is 1.68. The Balaban J connectivity index is 2.81. The lowest BCUT2D eigenvalue weighted by Crippen LogP contribution is -2.26. The van der Waals surface area contributed by atoms with Gasteiger partial charge in [0.05, 0.1) is 12.6 Å². The van der Waals surface area contributed by atoms with E-state index in [4.69, 9.17) is 4.74 Å². The van der Waals surface area contributed by atoms with Crippen LogP contribution in [-0.4, -0.2) is 19.8 Å². The molecule has 1 atom stereocenters. The van der Waals surface area contributed by atoms with Crippen LogP contribution in [0.1, 0.15) is 31.9 Å². The third-order valence-corrected chi connectivity index (χ3v) is 3.12. The van der Waals surface area contributed by atoms with Gasteiger partial charge in [0.2, 0.25) is 0 Å². The summed E-state index contributed by atoms with van der Waals surface area (Å²) in [7, 11) is 0. The lowest BCUT2D eigenvalue weighted by molar-refractivity contribution is 0.111. The molecule has 1 aromatic carbocycles. The third kappa shape index (κ3) is 4.37. The first-order chi connectivity index (χ1) is 8.20. The normalized spacial score (nSPS) is 12.7. The summed E-state index contributed by atoms with van der Waals surface area (Å²) in [6, 6.07) is 4.91. The fourth-order valence-corrected chi connectivity index (χ4v) is 2.30. The second kappa shape index (κ2) is 7.80. The van der Waals surface area contributed by atoms with Crippen LogP contribution >= 0.6 is 15.9 Å². The van der Waals surface area contributed by atoms with E-state index in [9.17, 15) is 4.39 Å². The maximum absolute atomic E-state index is 13.8. The van der Waals surface area contributed by atoms with Gasteiger partial charge in [-0.25, -0.2) is 4.39 Å². The Morgan fingerprint density at radius 1 is 1.41 bits per heavy atom. The van der Waals surface area contributed by atoms with E-state index in [0.29, 0.717) is 18.8 Å². The lowest BCUT2D eigenvalue weighted by Gasteiger charge is -2.20. The van der Waals surface area contributed by atoms with Crippen LogP contribution in [0, 0.1) is 5.82 Å². The molecule has 0 amide bonds. The van der Waals surface area contributed by atoms with Crippen molar-refractivity contribution in [3.05, 3.63) is 34.1 Å². The molecule has 0 aliphatic carbocycles. The number of halogens is 2. The Bertz CT molecular complexity index is 326. The lowest BCUT2D eigenvalue weighted by atomic mass is 10.1. The molecule has 2 nitrogen and oxygen atoms in total. The van der Waals surface area contributed by atoms with Crippen LogP contribution in [-0.2, 0) is 4.74 Å². The number of rotatable bonds is 7. The molecule has 4 heteroatoms. The van der Waals surface area contributed by atoms with Gasteiger partial charge in [0.25, 0.3) is 0 Å². The van der Waals surface area contributed by atoms with E-state index in [0.717, 1.165) is 17.4 Å². The van der Waals surface area contributed by atoms with Gasteiger partial charge in [0.15, 0.2) is 0 Å². The fraction of sp³-hybridized carbons (Fsp3) is 0.538. The molecule has 0 aliphatic rings. The van der Waals surface area contributed by atoms with Crippen LogP contribution in [0.2, 0.25) is 0 Å². The average Bonchev–Trinajstić information content (AvgIpc) is 2.29. The van der Waals surface area contributed by atoms with Crippen molar-refractivity contribution < 1.29 is 9.13 Å². The van der Waals surface area contributed by atoms with Crippen molar-refractivity contribution in [2.24, 2.45) is 0 Å². The zero-order valence-electron chi connectivity index (χ0n) is 10.3. The maximum atomic E-state index is 13.8. The Labute approximate surface area is 111 Å². The smallest absolute Gasteiger partial charge is 0.129 e. The molecule has 1 unspecified atom stereocenters. The van der Waals surface area contributed by atoms with Gasteiger partial charge in [0.1, 0.15) is 5.82 Å². The predicted molar refractivity (Wildman–Crippen MR) is 71.6 cm³/mol. The molecule has 0 saturated heterocycles. The number of likely N-dealkylation sites (N-methyl/N-ethyl adjacent to an activating group) is 1. The molecule has 0 bridgehead atoms. The zero-order chi connectivity index (χ0) is 12.7. The summed E-state index contributed by atoms with van der Waals surface area (Å²) < 4.78 is 20.1. The Hall–Kier alpha value is -0.450. The minimum absolute atomic E-state index is 0.109. The molecule has 0 aliphatic heterocycles. The first-order valence-corrected chi connectivity index (χ1v) is 6.75. The monoisotopic (exact) mass is 303 g/mol. The highest BCUT2D eigenvalue weighted by Gasteiger charge is 2.17. The molecule has 0 saturated carbocycles. The SMILES string of the molecule is CCCOCC(NCC)c1c(F)cccc1Br. The molecule has 0 aromatic heterocycles. The molecule has 0 heterocycles. The molecular formula is C13H19BrFNO. The Kier molecular flexibility index (Phi) is 6.70. The molecule has 0 radical (unpaired) electrons. The number of hydrogen-bond acceptors (Lipinski definition) is 2. The number of hydrogen-bond donors (Lipinski definition) is 1. The highest BCUT2D eigenvalue weighted by atomic mass is 79.9. The van der Waals surface area contributed by atoms with Crippen LogP contribution in [0.4, 0.5) is 4.39 Å². The van der Waals surface area contributed by atoms with Crippen molar-refractivity contribution in [1.82, 2.24) is 5.32 Å². The summed E-state index contributed by atoms with van der Waals surface area (Å²) in [5, 5.41) is 3.24. The van der Waals surface area contributed by atoms with Gasteiger partial charge in [-0.15, -0.1) is 0 Å². The van der Waals surface area contributed by atoms with Crippen LogP contribution in [0.3, 0.4) is 0 Å². The quantitative estimate of drug-likeness (QED) is 0.776. The van der Waals surface area contributed by atoms with Gasteiger partial charge in [-0.05, 0) is 25.1 Å². The standard InChI is InChI=1S/C13H19BrFNO/c1-3-8-17-9-12(16-4-2)13-10(14)6-5-7-11(13)15/h5-7,12,16H,3-4,8-9H2,1-2H3. The second-order valence-corrected chi connectivity index (χ2v) is 4.67. The van der Waals surface area contributed by atoms with E-state index in [-0.39, 0.29) is 11.9 Å². The van der Waals surface area contributed by atoms with Crippen molar-refractivity contribution >= 4 is 15.9 Å². The van der Waals surface area contributed by atoms with Gasteiger partial charge < -0.3 is 10.1 Å². The van der Waals surface area contributed by atoms with Crippen molar-refractivity contribution in [3.8, 4) is 0 Å². The summed E-state index contributed by atoms with van der Waals surface area (Å²) in [4.78, 5) is 0. The van der Waals surface area contributed by atoms with E-state index in [1.54, 1.807) is 6.07 Å². The molecule has 17 heavy (non-hydrogen) atoms. The molecular weight excluding hydrogens is 285 g/mol. The van der Waals surface area contributed by atoms with E-state index in [1.807, 2.05) is 13.0 Å². The molecule has 0 fully saturated rings. The summed E-state index contributed by atoms with van der Waals surface area (Å²) in [5.74, 6) is -0.203. The molecule has 96 valence electrons. The minimum atomic E-state index is -0.203. The van der Waals surface area contributed by atoms with E-state index in [1.165, 1.54) is 6.07 Å². The van der Waals surface area contributed by atoms with Crippen LogP contribution < -0.4 is 5.32 Å². The van der Waals surface area contributed by atoms with Gasteiger partial charge in [-0.1, -0.05) is 35.8 Å². The summed E-state index contributed by atoms with van der Waals surface area (Å²) >= 11 is 3.39. The second-order valence-electron chi connectivity index (χ2n) is 3.82. The number of ether oxygens (including phenoxy) is 1. The molecule has 1 aromatic rings. The number of benzene rings is 1. The summed E-state index contributed by atoms with van der Waals surface area (Å²) in [5.41, 5.74) is 0.644. The third-order valence-electron chi connectivity index (χ3n) is 2.43. The summed E-state index contributed by atoms with van der Waals surface area (Å²) in [6.07, 6.45) is 0.970. The van der Waals surface area contributed by atoms with Gasteiger partial charge in [-0.2, -0.15) is 0 Å². The van der Waals surface area contributed by atoms with Gasteiger partial charge in [-0.3, -0.25) is 0 Å². The summed E-state index contributed by atoms with van der Waals surface area (Å²) in [6.45, 7) is 6.03. The Morgan fingerprint density at radius 2 is 2.18 bits per heavy atom. The highest BCUT2D eigenvalue weighted by Crippen LogP contribution is 2.26. The zero-order valence-corrected chi connectivity index (χ0v) is 11.9. The molecule has 1 rings (SSSR count). The predicted octanol–water partition coefficient (Wildman–Crippen LogP) is 3.67. The minimum Gasteiger partial charge on any atom is -0.379 e. The average molecular weight is 304 g/mol. The van der Waals surface area contributed by atoms with Crippen molar-refractivity contribution in [3.63, 3.8) is 0 Å². The van der Waals surface area contributed by atoms with E-state index >= 15 is 0 Å². The van der Waals surface area contributed by atoms with Crippen LogP contribution in [0.25, 0.3) is 0 Å². The number of nitrogens with one attached hydrogen (secondary N) is 1. The topological polar surface area (TPSA) is 21.3 Å². The van der Waals surface area contributed by atoms with Gasteiger partial charge >= 0.3 is 0 Å². The maximum Gasteiger partial charge on any atom is 0.129 e. The van der Waals surface area contributed by atoms with Crippen molar-refractivity contribution in [2.45, 2.75) is 26.3 Å². The first-order valence-electron chi connectivity index (χ1n) is 5.95. The molecule has 1 N–H and O–H groups in total. The largest absolute Gasteiger partial charge is 0.379 e. The van der Waals surface area contributed by atoms with Crippen molar-refractivity contribution in [2.75, 3.05) is 19.8 Å². The van der Waals surface area contributed by atoms with Crippen molar-refractivity contribution in [1.29, 1.82) is 0 Å². The van der Waals surface area contributed by atoms with Crippen LogP contribution in [0.5, 0.6) is 0 Å². The highest BCUT2D eigenvalue weighted by molar-refractivity contribution is 9.10. The van der Waals surface area contributed by atoms with Gasteiger partial charge in [0, 0.05) is 16.6 Å². The van der Waals surface area contributed by atoms with Crippen LogP contribution in [0.15, 0.2) is 22.7 Å². The Morgan fingerprint density at radius 3 is 2.76 bits per heavy atom. The van der Waals surface area contributed by atoms with E-state index < -0.39 is 0 Å². The first kappa shape index (κ1) is 14.6.